The molecule has 4 rings (SSSR count). The van der Waals surface area contributed by atoms with Crippen molar-refractivity contribution in [2.45, 2.75) is 38.5 Å². The summed E-state index contributed by atoms with van der Waals surface area (Å²) < 4.78 is 14.0. The average Bonchev–Trinajstić information content (AvgIpc) is 3.10. The molecule has 6 nitrogen and oxygen atoms in total. The zero-order valence-electron chi connectivity index (χ0n) is 14.5. The summed E-state index contributed by atoms with van der Waals surface area (Å²) in [4.78, 5) is 2.41. The van der Waals surface area contributed by atoms with Crippen LogP contribution in [0.1, 0.15) is 36.9 Å². The fraction of sp³-hybridized carbons (Fsp3) is 0.556. The van der Waals surface area contributed by atoms with Gasteiger partial charge in [0.2, 0.25) is 0 Å². The standard InChI is InChI=1S/C18H24N4O2/c1-18(2)9-13-5-4-6-14(16(13)24-18)10-22-7-8-23-15(11-22)17-20-19-12-21(17)3/h4-6,12,15H,7-11H2,1-3H3. The molecule has 0 amide bonds. The Morgan fingerprint density at radius 3 is 3.00 bits per heavy atom. The number of fused-ring (bicyclic) bond motifs is 1. The first-order chi connectivity index (χ1) is 11.5. The van der Waals surface area contributed by atoms with Crippen molar-refractivity contribution in [1.82, 2.24) is 19.7 Å². The predicted octanol–water partition coefficient (Wildman–Crippen LogP) is 2.10. The lowest BCUT2D eigenvalue weighted by atomic mass is 10.0. The third-order valence-electron chi connectivity index (χ3n) is 4.75. The van der Waals surface area contributed by atoms with Gasteiger partial charge in [0.25, 0.3) is 0 Å². The van der Waals surface area contributed by atoms with Crippen LogP contribution < -0.4 is 4.74 Å². The van der Waals surface area contributed by atoms with Gasteiger partial charge in [-0.15, -0.1) is 10.2 Å². The molecule has 128 valence electrons. The summed E-state index contributed by atoms with van der Waals surface area (Å²) in [5.74, 6) is 1.96. The number of rotatable bonds is 3. The Kier molecular flexibility index (Phi) is 3.81. The van der Waals surface area contributed by atoms with Gasteiger partial charge in [-0.3, -0.25) is 4.90 Å². The fourth-order valence-electron chi connectivity index (χ4n) is 3.63. The van der Waals surface area contributed by atoms with Crippen molar-refractivity contribution in [2.75, 3.05) is 19.7 Å². The van der Waals surface area contributed by atoms with Crippen LogP contribution in [0.25, 0.3) is 0 Å². The highest BCUT2D eigenvalue weighted by Gasteiger charge is 2.32. The van der Waals surface area contributed by atoms with Gasteiger partial charge >= 0.3 is 0 Å². The van der Waals surface area contributed by atoms with E-state index in [-0.39, 0.29) is 11.7 Å². The molecule has 2 aromatic rings. The molecule has 6 heteroatoms. The zero-order valence-corrected chi connectivity index (χ0v) is 14.5. The number of nitrogens with zero attached hydrogens (tertiary/aromatic N) is 4. The molecular weight excluding hydrogens is 304 g/mol. The number of benzene rings is 1. The van der Waals surface area contributed by atoms with E-state index in [4.69, 9.17) is 9.47 Å². The average molecular weight is 328 g/mol. The van der Waals surface area contributed by atoms with Crippen molar-refractivity contribution in [3.63, 3.8) is 0 Å². The van der Waals surface area contributed by atoms with Gasteiger partial charge < -0.3 is 14.0 Å². The summed E-state index contributed by atoms with van der Waals surface area (Å²) in [6.45, 7) is 7.61. The largest absolute Gasteiger partial charge is 0.487 e. The van der Waals surface area contributed by atoms with Crippen LogP contribution in [0.5, 0.6) is 5.75 Å². The lowest BCUT2D eigenvalue weighted by molar-refractivity contribution is -0.0388. The Labute approximate surface area is 142 Å². The first-order valence-electron chi connectivity index (χ1n) is 8.49. The summed E-state index contributed by atoms with van der Waals surface area (Å²) in [7, 11) is 1.96. The van der Waals surface area contributed by atoms with E-state index in [2.05, 4.69) is 47.1 Å². The van der Waals surface area contributed by atoms with Gasteiger partial charge in [-0.05, 0) is 19.4 Å². The summed E-state index contributed by atoms with van der Waals surface area (Å²) >= 11 is 0. The van der Waals surface area contributed by atoms with Crippen molar-refractivity contribution in [3.05, 3.63) is 41.5 Å². The highest BCUT2D eigenvalue weighted by molar-refractivity contribution is 5.45. The topological polar surface area (TPSA) is 52.4 Å². The van der Waals surface area contributed by atoms with Crippen LogP contribution in [0, 0.1) is 0 Å². The molecule has 0 bridgehead atoms. The fourth-order valence-corrected chi connectivity index (χ4v) is 3.63. The second-order valence-corrected chi connectivity index (χ2v) is 7.34. The summed E-state index contributed by atoms with van der Waals surface area (Å²) in [6, 6.07) is 6.49. The monoisotopic (exact) mass is 328 g/mol. The summed E-state index contributed by atoms with van der Waals surface area (Å²) in [5.41, 5.74) is 2.47. The molecule has 2 aliphatic heterocycles. The minimum absolute atomic E-state index is 0.0274. The first-order valence-corrected chi connectivity index (χ1v) is 8.49. The SMILES string of the molecule is Cn1cnnc1C1CN(Cc2cccc3c2OC(C)(C)C3)CCO1. The van der Waals surface area contributed by atoms with Crippen molar-refractivity contribution in [1.29, 1.82) is 0 Å². The number of aromatic nitrogens is 3. The maximum absolute atomic E-state index is 6.20. The quantitative estimate of drug-likeness (QED) is 0.864. The number of morpholine rings is 1. The predicted molar refractivity (Wildman–Crippen MR) is 89.8 cm³/mol. The second kappa shape index (κ2) is 5.86. The molecule has 3 heterocycles. The van der Waals surface area contributed by atoms with E-state index in [0.29, 0.717) is 6.61 Å². The minimum Gasteiger partial charge on any atom is -0.487 e. The highest BCUT2D eigenvalue weighted by Crippen LogP contribution is 2.38. The molecule has 2 aliphatic rings. The normalized spacial score (nSPS) is 23.0. The van der Waals surface area contributed by atoms with Crippen LogP contribution in [0.4, 0.5) is 0 Å². The molecular formula is C18H24N4O2. The van der Waals surface area contributed by atoms with E-state index in [1.54, 1.807) is 6.33 Å². The second-order valence-electron chi connectivity index (χ2n) is 7.34. The number of aryl methyl sites for hydroxylation is 1. The van der Waals surface area contributed by atoms with E-state index in [1.165, 1.54) is 11.1 Å². The molecule has 0 aliphatic carbocycles. The van der Waals surface area contributed by atoms with Crippen LogP contribution in [-0.2, 0) is 24.8 Å². The molecule has 1 atom stereocenters. The molecule has 24 heavy (non-hydrogen) atoms. The number of hydrogen-bond donors (Lipinski definition) is 0. The van der Waals surface area contributed by atoms with Gasteiger partial charge in [-0.25, -0.2) is 0 Å². The maximum Gasteiger partial charge on any atom is 0.163 e. The first kappa shape index (κ1) is 15.6. The summed E-state index contributed by atoms with van der Waals surface area (Å²) in [5, 5.41) is 8.16. The van der Waals surface area contributed by atoms with Crippen molar-refractivity contribution >= 4 is 0 Å². The summed E-state index contributed by atoms with van der Waals surface area (Å²) in [6.07, 6.45) is 2.67. The Bertz CT molecular complexity index is 740. The zero-order chi connectivity index (χ0) is 16.7. The van der Waals surface area contributed by atoms with Crippen LogP contribution in [0.3, 0.4) is 0 Å². The molecule has 1 fully saturated rings. The molecule has 0 N–H and O–H groups in total. The third kappa shape index (κ3) is 2.91. The van der Waals surface area contributed by atoms with Crippen LogP contribution >= 0.6 is 0 Å². The molecule has 0 saturated carbocycles. The molecule has 1 unspecified atom stereocenters. The molecule has 1 saturated heterocycles. The van der Waals surface area contributed by atoms with Crippen LogP contribution in [0.15, 0.2) is 24.5 Å². The number of ether oxygens (including phenoxy) is 2. The van der Waals surface area contributed by atoms with E-state index in [9.17, 15) is 0 Å². The smallest absolute Gasteiger partial charge is 0.163 e. The van der Waals surface area contributed by atoms with Crippen LogP contribution in [-0.4, -0.2) is 45.0 Å². The van der Waals surface area contributed by atoms with E-state index in [1.807, 2.05) is 11.6 Å². The van der Waals surface area contributed by atoms with Gasteiger partial charge in [-0.2, -0.15) is 0 Å². The molecule has 1 aromatic heterocycles. The van der Waals surface area contributed by atoms with Gasteiger partial charge in [-0.1, -0.05) is 18.2 Å². The Hall–Kier alpha value is -1.92. The minimum atomic E-state index is -0.107. The van der Waals surface area contributed by atoms with E-state index in [0.717, 1.165) is 37.6 Å². The van der Waals surface area contributed by atoms with Gasteiger partial charge in [0.15, 0.2) is 5.82 Å². The molecule has 0 spiro atoms. The number of hydrogen-bond acceptors (Lipinski definition) is 5. The van der Waals surface area contributed by atoms with Gasteiger partial charge in [0, 0.05) is 38.7 Å². The molecule has 1 aromatic carbocycles. The Balaban J connectivity index is 1.51. The van der Waals surface area contributed by atoms with Gasteiger partial charge in [0.1, 0.15) is 23.8 Å². The Morgan fingerprint density at radius 1 is 1.33 bits per heavy atom. The van der Waals surface area contributed by atoms with Crippen molar-refractivity contribution < 1.29 is 9.47 Å². The van der Waals surface area contributed by atoms with E-state index < -0.39 is 0 Å². The van der Waals surface area contributed by atoms with Crippen LogP contribution in [0.2, 0.25) is 0 Å². The van der Waals surface area contributed by atoms with E-state index >= 15 is 0 Å². The highest BCUT2D eigenvalue weighted by atomic mass is 16.5. The lowest BCUT2D eigenvalue weighted by Gasteiger charge is -2.32. The lowest BCUT2D eigenvalue weighted by Crippen LogP contribution is -2.38. The van der Waals surface area contributed by atoms with Gasteiger partial charge in [0.05, 0.1) is 6.61 Å². The van der Waals surface area contributed by atoms with Crippen molar-refractivity contribution in [2.24, 2.45) is 7.05 Å². The maximum atomic E-state index is 6.20. The van der Waals surface area contributed by atoms with Crippen molar-refractivity contribution in [3.8, 4) is 5.75 Å². The molecule has 0 radical (unpaired) electrons. The third-order valence-corrected chi connectivity index (χ3v) is 4.75. The number of para-hydroxylation sites is 1. The Morgan fingerprint density at radius 2 is 2.21 bits per heavy atom.